The Morgan fingerprint density at radius 2 is 1.83 bits per heavy atom. The van der Waals surface area contributed by atoms with Crippen LogP contribution in [0, 0.1) is 17.3 Å². The normalized spacial score (nSPS) is 28.4. The number of carbonyl (C=O) groups is 2. The summed E-state index contributed by atoms with van der Waals surface area (Å²) in [6.07, 6.45) is 2.91. The third kappa shape index (κ3) is 1.35. The molecule has 2 unspecified atom stereocenters. The molecule has 1 saturated heterocycles. The molecule has 2 heterocycles. The van der Waals surface area contributed by atoms with Crippen molar-refractivity contribution < 1.29 is 9.59 Å². The van der Waals surface area contributed by atoms with Crippen LogP contribution in [0.3, 0.4) is 0 Å². The average Bonchev–Trinajstić information content (AvgIpc) is 2.79. The van der Waals surface area contributed by atoms with Crippen molar-refractivity contribution in [2.45, 2.75) is 20.4 Å². The Kier molecular flexibility index (Phi) is 2.03. The molecule has 6 heteroatoms. The summed E-state index contributed by atoms with van der Waals surface area (Å²) in [4.78, 5) is 33.4. The van der Waals surface area contributed by atoms with E-state index in [1.165, 1.54) is 17.3 Å². The van der Waals surface area contributed by atoms with Crippen molar-refractivity contribution in [1.29, 1.82) is 0 Å². The number of nitrogens with two attached hydrogens (primary N) is 1. The number of nitrogen functional groups attached to an aromatic ring is 1. The lowest BCUT2D eigenvalue weighted by molar-refractivity contribution is -0.143. The van der Waals surface area contributed by atoms with E-state index in [0.717, 1.165) is 0 Å². The Labute approximate surface area is 104 Å². The number of hydrogen-bond donors (Lipinski definition) is 1. The highest BCUT2D eigenvalue weighted by Crippen LogP contribution is 2.63. The quantitative estimate of drug-likeness (QED) is 0.753. The second-order valence-electron chi connectivity index (χ2n) is 5.47. The molecule has 1 aromatic rings. The van der Waals surface area contributed by atoms with E-state index in [0.29, 0.717) is 11.5 Å². The molecule has 1 aliphatic heterocycles. The first-order valence-electron chi connectivity index (χ1n) is 5.84. The molecule has 6 nitrogen and oxygen atoms in total. The molecule has 0 aromatic carbocycles. The Bertz CT molecular complexity index is 514. The number of amides is 2. The van der Waals surface area contributed by atoms with E-state index in [2.05, 4.69) is 9.97 Å². The Hall–Kier alpha value is -1.98. The first-order valence-corrected chi connectivity index (χ1v) is 5.84. The highest BCUT2D eigenvalue weighted by Gasteiger charge is 2.72. The van der Waals surface area contributed by atoms with Gasteiger partial charge in [-0.25, -0.2) is 4.98 Å². The molecule has 2 amide bonds. The minimum atomic E-state index is -0.169. The van der Waals surface area contributed by atoms with E-state index in [4.69, 9.17) is 5.73 Å². The maximum absolute atomic E-state index is 12.1. The number of carbonyl (C=O) groups excluding carboxylic acids is 2. The summed E-state index contributed by atoms with van der Waals surface area (Å²) in [5, 5.41) is 0. The standard InChI is InChI=1S/C12H14N4O2/c1-12(2)8-9(12)11(18)16(10(8)17)5-6-3-15-7(13)4-14-6/h3-4,8-9H,5H2,1-2H3,(H2,13,15). The van der Waals surface area contributed by atoms with Gasteiger partial charge in [0.25, 0.3) is 0 Å². The van der Waals surface area contributed by atoms with E-state index < -0.39 is 0 Å². The molecular weight excluding hydrogens is 232 g/mol. The predicted octanol–water partition coefficient (Wildman–Crippen LogP) is 0.200. The van der Waals surface area contributed by atoms with E-state index in [1.54, 1.807) is 0 Å². The number of rotatable bonds is 2. The summed E-state index contributed by atoms with van der Waals surface area (Å²) in [6, 6.07) is 0. The zero-order valence-electron chi connectivity index (χ0n) is 10.3. The summed E-state index contributed by atoms with van der Waals surface area (Å²) < 4.78 is 0. The number of aromatic nitrogens is 2. The van der Waals surface area contributed by atoms with Crippen LogP contribution in [0.1, 0.15) is 19.5 Å². The van der Waals surface area contributed by atoms with Crippen LogP contribution in [0.4, 0.5) is 5.82 Å². The van der Waals surface area contributed by atoms with Crippen LogP contribution in [-0.2, 0) is 16.1 Å². The van der Waals surface area contributed by atoms with Gasteiger partial charge in [0.2, 0.25) is 11.8 Å². The van der Waals surface area contributed by atoms with E-state index in [9.17, 15) is 9.59 Å². The SMILES string of the molecule is CC1(C)C2C(=O)N(Cc3cnc(N)cn3)C(=O)C21. The molecule has 3 rings (SSSR count). The Balaban J connectivity index is 1.78. The van der Waals surface area contributed by atoms with Crippen LogP contribution in [0.5, 0.6) is 0 Å². The Morgan fingerprint density at radius 3 is 2.33 bits per heavy atom. The van der Waals surface area contributed by atoms with Gasteiger partial charge in [-0.05, 0) is 5.41 Å². The minimum absolute atomic E-state index is 0.0892. The van der Waals surface area contributed by atoms with Crippen LogP contribution in [-0.4, -0.2) is 26.7 Å². The van der Waals surface area contributed by atoms with Crippen molar-refractivity contribution in [2.75, 3.05) is 5.73 Å². The summed E-state index contributed by atoms with van der Waals surface area (Å²) in [5.41, 5.74) is 5.84. The summed E-state index contributed by atoms with van der Waals surface area (Å²) in [7, 11) is 0. The zero-order valence-corrected chi connectivity index (χ0v) is 10.3. The van der Waals surface area contributed by atoms with Gasteiger partial charge in [0.05, 0.1) is 36.5 Å². The Morgan fingerprint density at radius 1 is 1.22 bits per heavy atom. The van der Waals surface area contributed by atoms with Crippen LogP contribution < -0.4 is 5.73 Å². The number of likely N-dealkylation sites (tertiary alicyclic amines) is 1. The minimum Gasteiger partial charge on any atom is -0.382 e. The zero-order chi connectivity index (χ0) is 13.1. The molecular formula is C12H14N4O2. The molecule has 1 aromatic heterocycles. The third-order valence-corrected chi connectivity index (χ3v) is 3.94. The maximum atomic E-state index is 12.1. The van der Waals surface area contributed by atoms with Crippen molar-refractivity contribution >= 4 is 17.6 Å². The number of nitrogens with zero attached hydrogens (tertiary/aromatic N) is 3. The second-order valence-corrected chi connectivity index (χ2v) is 5.47. The topological polar surface area (TPSA) is 89.2 Å². The van der Waals surface area contributed by atoms with E-state index >= 15 is 0 Å². The van der Waals surface area contributed by atoms with Gasteiger partial charge in [-0.1, -0.05) is 13.8 Å². The van der Waals surface area contributed by atoms with Gasteiger partial charge < -0.3 is 5.73 Å². The number of fused-ring (bicyclic) bond motifs is 1. The van der Waals surface area contributed by atoms with Gasteiger partial charge in [0.1, 0.15) is 5.82 Å². The summed E-state index contributed by atoms with van der Waals surface area (Å²) in [5.74, 6) is -0.150. The molecule has 2 fully saturated rings. The highest BCUT2D eigenvalue weighted by molar-refractivity contribution is 6.10. The molecule has 18 heavy (non-hydrogen) atoms. The van der Waals surface area contributed by atoms with Crippen molar-refractivity contribution in [3.05, 3.63) is 18.1 Å². The lowest BCUT2D eigenvalue weighted by atomic mass is 10.1. The fourth-order valence-corrected chi connectivity index (χ4v) is 2.77. The van der Waals surface area contributed by atoms with Gasteiger partial charge in [-0.3, -0.25) is 19.5 Å². The number of piperidine rings is 1. The molecule has 2 N–H and O–H groups in total. The number of imide groups is 1. The fourth-order valence-electron chi connectivity index (χ4n) is 2.77. The lowest BCUT2D eigenvalue weighted by Gasteiger charge is -2.19. The van der Waals surface area contributed by atoms with Gasteiger partial charge in [0.15, 0.2) is 0 Å². The summed E-state index contributed by atoms with van der Waals surface area (Å²) >= 11 is 0. The molecule has 0 bridgehead atoms. The monoisotopic (exact) mass is 246 g/mol. The molecule has 94 valence electrons. The van der Waals surface area contributed by atoms with Crippen molar-refractivity contribution in [1.82, 2.24) is 14.9 Å². The third-order valence-electron chi connectivity index (χ3n) is 3.94. The lowest BCUT2D eigenvalue weighted by Crippen LogP contribution is -2.35. The van der Waals surface area contributed by atoms with Crippen LogP contribution in [0.15, 0.2) is 12.4 Å². The number of anilines is 1. The second kappa shape index (κ2) is 3.28. The molecule has 2 aliphatic rings. The van der Waals surface area contributed by atoms with E-state index in [-0.39, 0.29) is 35.6 Å². The average molecular weight is 246 g/mol. The molecule has 1 saturated carbocycles. The van der Waals surface area contributed by atoms with Crippen LogP contribution in [0.25, 0.3) is 0 Å². The predicted molar refractivity (Wildman–Crippen MR) is 62.8 cm³/mol. The van der Waals surface area contributed by atoms with Crippen molar-refractivity contribution in [3.63, 3.8) is 0 Å². The molecule has 0 radical (unpaired) electrons. The molecule has 2 atom stereocenters. The largest absolute Gasteiger partial charge is 0.382 e. The van der Waals surface area contributed by atoms with Gasteiger partial charge in [-0.2, -0.15) is 0 Å². The van der Waals surface area contributed by atoms with Gasteiger partial charge in [-0.15, -0.1) is 0 Å². The maximum Gasteiger partial charge on any atom is 0.234 e. The van der Waals surface area contributed by atoms with Crippen LogP contribution >= 0.6 is 0 Å². The fraction of sp³-hybridized carbons (Fsp3) is 0.500. The molecule has 0 spiro atoms. The number of hydrogen-bond acceptors (Lipinski definition) is 5. The van der Waals surface area contributed by atoms with Crippen molar-refractivity contribution in [2.24, 2.45) is 17.3 Å². The van der Waals surface area contributed by atoms with Crippen LogP contribution in [0.2, 0.25) is 0 Å². The van der Waals surface area contributed by atoms with Gasteiger partial charge in [0, 0.05) is 0 Å². The first kappa shape index (κ1) is 11.1. The highest BCUT2D eigenvalue weighted by atomic mass is 16.2. The van der Waals surface area contributed by atoms with E-state index in [1.807, 2.05) is 13.8 Å². The van der Waals surface area contributed by atoms with Crippen molar-refractivity contribution in [3.8, 4) is 0 Å². The van der Waals surface area contributed by atoms with Gasteiger partial charge >= 0.3 is 0 Å². The smallest absolute Gasteiger partial charge is 0.234 e. The first-order chi connectivity index (χ1) is 8.43. The molecule has 1 aliphatic carbocycles. The summed E-state index contributed by atoms with van der Waals surface area (Å²) in [6.45, 7) is 4.10.